The lowest BCUT2D eigenvalue weighted by Crippen LogP contribution is -1.69. The molecule has 0 aromatic carbocycles. The lowest BCUT2D eigenvalue weighted by molar-refractivity contribution is 1.08. The quantitative estimate of drug-likeness (QED) is 0.702. The second-order valence-electron chi connectivity index (χ2n) is 1.57. The largest absolute Gasteiger partial charge is 0.278 e. The van der Waals surface area contributed by atoms with Gasteiger partial charge in [-0.3, -0.25) is 5.10 Å². The Labute approximate surface area is 62.1 Å². The predicted molar refractivity (Wildman–Crippen MR) is 41.4 cm³/mol. The molecule has 0 aliphatic carbocycles. The average molecular weight is 187 g/mol. The molecule has 0 radical (unpaired) electrons. The van der Waals surface area contributed by atoms with Gasteiger partial charge in [-0.05, 0) is 12.1 Å². The van der Waals surface area contributed by atoms with Crippen LogP contribution in [0, 0.1) is 0 Å². The van der Waals surface area contributed by atoms with Crippen molar-refractivity contribution in [3.05, 3.63) is 24.0 Å². The number of halogens is 1. The molecule has 0 fully saturated rings. The molecule has 0 saturated carbocycles. The second-order valence-corrected chi connectivity index (χ2v) is 2.22. The zero-order chi connectivity index (χ0) is 6.53. The SMILES string of the molecule is BrCC=Cc1ccn[nH]1. The van der Waals surface area contributed by atoms with Crippen LogP contribution in [-0.2, 0) is 0 Å². The zero-order valence-corrected chi connectivity index (χ0v) is 6.43. The summed E-state index contributed by atoms with van der Waals surface area (Å²) in [5, 5.41) is 7.48. The highest BCUT2D eigenvalue weighted by Gasteiger charge is 1.81. The Morgan fingerprint density at radius 1 is 1.78 bits per heavy atom. The minimum atomic E-state index is 0.881. The van der Waals surface area contributed by atoms with Gasteiger partial charge in [-0.15, -0.1) is 0 Å². The Morgan fingerprint density at radius 3 is 3.22 bits per heavy atom. The highest BCUT2D eigenvalue weighted by Crippen LogP contribution is 1.95. The van der Waals surface area contributed by atoms with Crippen molar-refractivity contribution in [1.29, 1.82) is 0 Å². The fourth-order valence-corrected chi connectivity index (χ4v) is 0.718. The standard InChI is InChI=1S/C6H7BrN2/c7-4-1-2-6-3-5-8-9-6/h1-3,5H,4H2,(H,8,9). The smallest absolute Gasteiger partial charge is 0.0574 e. The van der Waals surface area contributed by atoms with Crippen LogP contribution in [0.4, 0.5) is 0 Å². The van der Waals surface area contributed by atoms with Crippen LogP contribution >= 0.6 is 15.9 Å². The molecule has 3 heteroatoms. The van der Waals surface area contributed by atoms with Crippen LogP contribution in [0.25, 0.3) is 6.08 Å². The summed E-state index contributed by atoms with van der Waals surface area (Å²) in [6.07, 6.45) is 5.71. The van der Waals surface area contributed by atoms with Gasteiger partial charge in [-0.25, -0.2) is 0 Å². The van der Waals surface area contributed by atoms with Crippen LogP contribution in [0.3, 0.4) is 0 Å². The third-order valence-electron chi connectivity index (χ3n) is 0.909. The Balaban J connectivity index is 2.57. The Kier molecular flexibility index (Phi) is 2.51. The molecule has 0 saturated heterocycles. The minimum absolute atomic E-state index is 0.881. The average Bonchev–Trinajstić information content (AvgIpc) is 2.34. The fraction of sp³-hybridized carbons (Fsp3) is 0.167. The summed E-state index contributed by atoms with van der Waals surface area (Å²) in [5.41, 5.74) is 1.04. The molecule has 0 atom stereocenters. The van der Waals surface area contributed by atoms with Crippen molar-refractivity contribution in [2.24, 2.45) is 0 Å². The van der Waals surface area contributed by atoms with E-state index < -0.39 is 0 Å². The van der Waals surface area contributed by atoms with Gasteiger partial charge >= 0.3 is 0 Å². The van der Waals surface area contributed by atoms with Crippen LogP contribution in [0.15, 0.2) is 18.3 Å². The maximum absolute atomic E-state index is 3.78. The summed E-state index contributed by atoms with van der Waals surface area (Å²) in [7, 11) is 0. The van der Waals surface area contributed by atoms with E-state index in [4.69, 9.17) is 0 Å². The van der Waals surface area contributed by atoms with Gasteiger partial charge < -0.3 is 0 Å². The van der Waals surface area contributed by atoms with Crippen molar-refractivity contribution < 1.29 is 0 Å². The number of alkyl halides is 1. The molecule has 2 nitrogen and oxygen atoms in total. The number of allylic oxidation sites excluding steroid dienone is 1. The van der Waals surface area contributed by atoms with Crippen LogP contribution in [0.5, 0.6) is 0 Å². The number of H-pyrrole nitrogens is 1. The number of hydrogen-bond acceptors (Lipinski definition) is 1. The van der Waals surface area contributed by atoms with E-state index in [1.807, 2.05) is 18.2 Å². The van der Waals surface area contributed by atoms with Crippen molar-refractivity contribution in [3.63, 3.8) is 0 Å². The number of aromatic amines is 1. The first-order chi connectivity index (χ1) is 4.43. The van der Waals surface area contributed by atoms with E-state index in [0.29, 0.717) is 0 Å². The van der Waals surface area contributed by atoms with Crippen molar-refractivity contribution in [1.82, 2.24) is 10.2 Å². The lowest BCUT2D eigenvalue weighted by Gasteiger charge is -1.78. The first-order valence-corrected chi connectivity index (χ1v) is 3.77. The maximum atomic E-state index is 3.78. The summed E-state index contributed by atoms with van der Waals surface area (Å²) in [6.45, 7) is 0. The van der Waals surface area contributed by atoms with Crippen LogP contribution in [-0.4, -0.2) is 15.5 Å². The topological polar surface area (TPSA) is 28.7 Å². The minimum Gasteiger partial charge on any atom is -0.278 e. The Bertz CT molecular complexity index is 179. The maximum Gasteiger partial charge on any atom is 0.0574 e. The van der Waals surface area contributed by atoms with E-state index in [1.54, 1.807) is 6.20 Å². The summed E-state index contributed by atoms with van der Waals surface area (Å²) < 4.78 is 0. The molecule has 0 unspecified atom stereocenters. The van der Waals surface area contributed by atoms with E-state index in [-0.39, 0.29) is 0 Å². The molecule has 0 bridgehead atoms. The van der Waals surface area contributed by atoms with Gasteiger partial charge in [0.15, 0.2) is 0 Å². The molecule has 1 aromatic rings. The van der Waals surface area contributed by atoms with E-state index >= 15 is 0 Å². The highest BCUT2D eigenvalue weighted by molar-refractivity contribution is 9.09. The number of nitrogens with zero attached hydrogens (tertiary/aromatic N) is 1. The Morgan fingerprint density at radius 2 is 2.67 bits per heavy atom. The third-order valence-corrected chi connectivity index (χ3v) is 1.28. The van der Waals surface area contributed by atoms with Gasteiger partial charge in [0.1, 0.15) is 0 Å². The molecule has 1 heterocycles. The van der Waals surface area contributed by atoms with E-state index in [9.17, 15) is 0 Å². The van der Waals surface area contributed by atoms with E-state index in [2.05, 4.69) is 26.1 Å². The van der Waals surface area contributed by atoms with Gasteiger partial charge in [0.05, 0.1) is 5.69 Å². The first-order valence-electron chi connectivity index (χ1n) is 2.65. The molecular formula is C6H7BrN2. The van der Waals surface area contributed by atoms with Crippen molar-refractivity contribution in [2.45, 2.75) is 0 Å². The van der Waals surface area contributed by atoms with Gasteiger partial charge in [0.2, 0.25) is 0 Å². The molecule has 0 spiro atoms. The molecule has 0 aliphatic rings. The second kappa shape index (κ2) is 3.45. The number of aromatic nitrogens is 2. The molecule has 0 aliphatic heterocycles. The van der Waals surface area contributed by atoms with Gasteiger partial charge in [-0.1, -0.05) is 22.0 Å². The van der Waals surface area contributed by atoms with Gasteiger partial charge in [0, 0.05) is 11.5 Å². The van der Waals surface area contributed by atoms with Crippen LogP contribution in [0.1, 0.15) is 5.69 Å². The van der Waals surface area contributed by atoms with Gasteiger partial charge in [-0.2, -0.15) is 5.10 Å². The molecular weight excluding hydrogens is 180 g/mol. The van der Waals surface area contributed by atoms with Crippen LogP contribution in [0.2, 0.25) is 0 Å². The molecule has 48 valence electrons. The monoisotopic (exact) mass is 186 g/mol. The molecule has 1 rings (SSSR count). The summed E-state index contributed by atoms with van der Waals surface area (Å²) in [6, 6.07) is 1.92. The van der Waals surface area contributed by atoms with E-state index in [1.165, 1.54) is 0 Å². The molecule has 9 heavy (non-hydrogen) atoms. The fourth-order valence-electron chi connectivity index (χ4n) is 0.531. The van der Waals surface area contributed by atoms with Crippen LogP contribution < -0.4 is 0 Å². The van der Waals surface area contributed by atoms with Crippen molar-refractivity contribution in [2.75, 3.05) is 5.33 Å². The number of rotatable bonds is 2. The molecule has 1 aromatic heterocycles. The first kappa shape index (κ1) is 6.55. The number of nitrogens with one attached hydrogen (secondary N) is 1. The van der Waals surface area contributed by atoms with E-state index in [0.717, 1.165) is 11.0 Å². The number of hydrogen-bond donors (Lipinski definition) is 1. The lowest BCUT2D eigenvalue weighted by atomic mass is 10.4. The Hall–Kier alpha value is -0.570. The normalized spacial score (nSPS) is 10.8. The molecule has 1 N–H and O–H groups in total. The third kappa shape index (κ3) is 2.01. The zero-order valence-electron chi connectivity index (χ0n) is 4.84. The van der Waals surface area contributed by atoms with Gasteiger partial charge in [0.25, 0.3) is 0 Å². The summed E-state index contributed by atoms with van der Waals surface area (Å²) >= 11 is 3.27. The van der Waals surface area contributed by atoms with Crippen molar-refractivity contribution in [3.8, 4) is 0 Å². The summed E-state index contributed by atoms with van der Waals surface area (Å²) in [4.78, 5) is 0. The predicted octanol–water partition coefficient (Wildman–Crippen LogP) is 1.82. The highest BCUT2D eigenvalue weighted by atomic mass is 79.9. The summed E-state index contributed by atoms with van der Waals surface area (Å²) in [5.74, 6) is 0. The van der Waals surface area contributed by atoms with Crippen molar-refractivity contribution >= 4 is 22.0 Å². The molecule has 0 amide bonds.